The van der Waals surface area contributed by atoms with Gasteiger partial charge in [0.1, 0.15) is 0 Å². The van der Waals surface area contributed by atoms with Crippen molar-refractivity contribution >= 4 is 39.3 Å². The molecule has 150 valence electrons. The second-order valence-electron chi connectivity index (χ2n) is 6.87. The largest absolute Gasteiger partial charge is 0.340 e. The van der Waals surface area contributed by atoms with Gasteiger partial charge in [-0.05, 0) is 24.7 Å². The summed E-state index contributed by atoms with van der Waals surface area (Å²) in [6.45, 7) is 3.81. The second-order valence-corrected chi connectivity index (χ2v) is 9.61. The number of hydrogen-bond acceptors (Lipinski definition) is 4. The lowest BCUT2D eigenvalue weighted by Gasteiger charge is -2.39. The fourth-order valence-electron chi connectivity index (χ4n) is 3.31. The smallest absolute Gasteiger partial charge is 0.282 e. The molecule has 7 nitrogen and oxygen atoms in total. The molecule has 2 fully saturated rings. The van der Waals surface area contributed by atoms with Crippen LogP contribution in [0.5, 0.6) is 0 Å². The number of rotatable bonds is 4. The number of carbonyl (C=O) groups is 1. The van der Waals surface area contributed by atoms with E-state index in [0.717, 1.165) is 13.1 Å². The molecular formula is C17H24Cl2N4O3S. The Bertz CT molecular complexity index is 769. The highest BCUT2D eigenvalue weighted by Gasteiger charge is 2.34. The van der Waals surface area contributed by atoms with Crippen LogP contribution in [0.2, 0.25) is 10.0 Å². The van der Waals surface area contributed by atoms with Crippen molar-refractivity contribution < 1.29 is 13.2 Å². The van der Waals surface area contributed by atoms with E-state index in [1.165, 1.54) is 8.61 Å². The van der Waals surface area contributed by atoms with Crippen molar-refractivity contribution in [2.45, 2.75) is 6.42 Å². The van der Waals surface area contributed by atoms with Crippen LogP contribution in [0.25, 0.3) is 0 Å². The third-order valence-electron chi connectivity index (χ3n) is 5.10. The average Bonchev–Trinajstić information content (AvgIpc) is 2.65. The molecule has 2 saturated heterocycles. The Morgan fingerprint density at radius 1 is 0.926 bits per heavy atom. The Morgan fingerprint density at radius 3 is 1.93 bits per heavy atom. The summed E-state index contributed by atoms with van der Waals surface area (Å²) in [5.74, 6) is -0.0957. The predicted octanol–water partition coefficient (Wildman–Crippen LogP) is 1.17. The molecule has 2 heterocycles. The molecule has 3 rings (SSSR count). The summed E-state index contributed by atoms with van der Waals surface area (Å²) < 4.78 is 28.6. The molecule has 2 aliphatic heterocycles. The average molecular weight is 435 g/mol. The normalized spacial score (nSPS) is 20.8. The van der Waals surface area contributed by atoms with Crippen molar-refractivity contribution in [1.29, 1.82) is 0 Å². The fraction of sp³-hybridized carbons (Fsp3) is 0.588. The van der Waals surface area contributed by atoms with Gasteiger partial charge in [0.2, 0.25) is 5.91 Å². The number of piperazine rings is 2. The standard InChI is InChI=1S/C17H24Cl2N4O3S/c1-20-5-9-22(10-6-20)27(25,26)23-11-7-21(8-12-23)17(24)13-14-15(18)3-2-4-16(14)19/h2-4H,5-13H2,1H3. The van der Waals surface area contributed by atoms with Crippen LogP contribution in [0, 0.1) is 0 Å². The Kier molecular flexibility index (Phi) is 6.66. The van der Waals surface area contributed by atoms with E-state index < -0.39 is 10.2 Å². The van der Waals surface area contributed by atoms with Crippen LogP contribution in [0.3, 0.4) is 0 Å². The van der Waals surface area contributed by atoms with Gasteiger partial charge < -0.3 is 9.80 Å². The van der Waals surface area contributed by atoms with Crippen molar-refractivity contribution in [3.05, 3.63) is 33.8 Å². The lowest BCUT2D eigenvalue weighted by atomic mass is 10.1. The molecule has 0 bridgehead atoms. The molecule has 2 aliphatic rings. The molecule has 0 aromatic heterocycles. The zero-order valence-corrected chi connectivity index (χ0v) is 17.6. The molecule has 1 amide bonds. The lowest BCUT2D eigenvalue weighted by Crippen LogP contribution is -2.57. The van der Waals surface area contributed by atoms with E-state index in [1.54, 1.807) is 23.1 Å². The van der Waals surface area contributed by atoms with Gasteiger partial charge in [-0.15, -0.1) is 0 Å². The van der Waals surface area contributed by atoms with Gasteiger partial charge in [-0.2, -0.15) is 17.0 Å². The summed E-state index contributed by atoms with van der Waals surface area (Å²) >= 11 is 12.3. The fourth-order valence-corrected chi connectivity index (χ4v) is 5.42. The van der Waals surface area contributed by atoms with E-state index in [2.05, 4.69) is 4.90 Å². The Morgan fingerprint density at radius 2 is 1.41 bits per heavy atom. The molecule has 0 aliphatic carbocycles. The molecule has 0 radical (unpaired) electrons. The van der Waals surface area contributed by atoms with Gasteiger partial charge in [-0.1, -0.05) is 29.3 Å². The topological polar surface area (TPSA) is 64.2 Å². The quantitative estimate of drug-likeness (QED) is 0.713. The first-order valence-corrected chi connectivity index (χ1v) is 11.1. The van der Waals surface area contributed by atoms with E-state index in [1.807, 2.05) is 7.05 Å². The van der Waals surface area contributed by atoms with E-state index in [9.17, 15) is 13.2 Å². The first-order chi connectivity index (χ1) is 12.8. The zero-order valence-electron chi connectivity index (χ0n) is 15.3. The highest BCUT2D eigenvalue weighted by molar-refractivity contribution is 7.86. The number of nitrogens with zero attached hydrogens (tertiary/aromatic N) is 4. The monoisotopic (exact) mass is 434 g/mol. The van der Waals surface area contributed by atoms with Crippen LogP contribution in [0.1, 0.15) is 5.56 Å². The second kappa shape index (κ2) is 8.63. The minimum atomic E-state index is -3.47. The number of carbonyl (C=O) groups excluding carboxylic acids is 1. The van der Waals surface area contributed by atoms with Crippen molar-refractivity contribution in [3.63, 3.8) is 0 Å². The maximum Gasteiger partial charge on any atom is 0.282 e. The van der Waals surface area contributed by atoms with Gasteiger partial charge in [-0.25, -0.2) is 0 Å². The molecule has 27 heavy (non-hydrogen) atoms. The summed E-state index contributed by atoms with van der Waals surface area (Å²) in [6, 6.07) is 5.15. The Labute approximate surface area is 170 Å². The third-order valence-corrected chi connectivity index (χ3v) is 7.84. The molecule has 1 aromatic carbocycles. The van der Waals surface area contributed by atoms with E-state index >= 15 is 0 Å². The maximum absolute atomic E-state index is 12.8. The number of likely N-dealkylation sites (N-methyl/N-ethyl adjacent to an activating group) is 1. The first kappa shape index (κ1) is 20.8. The summed E-state index contributed by atoms with van der Waals surface area (Å²) in [6.07, 6.45) is 0.115. The first-order valence-electron chi connectivity index (χ1n) is 8.93. The van der Waals surface area contributed by atoms with Crippen LogP contribution in [0.15, 0.2) is 18.2 Å². The van der Waals surface area contributed by atoms with Crippen LogP contribution < -0.4 is 0 Å². The minimum absolute atomic E-state index is 0.0957. The number of benzene rings is 1. The summed E-state index contributed by atoms with van der Waals surface area (Å²) in [5, 5.41) is 0.930. The summed E-state index contributed by atoms with van der Waals surface area (Å²) in [4.78, 5) is 16.4. The van der Waals surface area contributed by atoms with Gasteiger partial charge >= 0.3 is 0 Å². The third kappa shape index (κ3) is 4.75. The van der Waals surface area contributed by atoms with E-state index in [4.69, 9.17) is 23.2 Å². The molecule has 0 unspecified atom stereocenters. The van der Waals surface area contributed by atoms with Crippen molar-refractivity contribution in [1.82, 2.24) is 18.4 Å². The highest BCUT2D eigenvalue weighted by Crippen LogP contribution is 2.25. The van der Waals surface area contributed by atoms with Gasteiger partial charge in [0, 0.05) is 62.4 Å². The maximum atomic E-state index is 12.8. The molecule has 10 heteroatoms. The summed E-state index contributed by atoms with van der Waals surface area (Å²) in [7, 11) is -1.48. The van der Waals surface area contributed by atoms with Crippen molar-refractivity contribution in [2.24, 2.45) is 0 Å². The minimum Gasteiger partial charge on any atom is -0.340 e. The zero-order chi connectivity index (χ0) is 19.6. The van der Waals surface area contributed by atoms with Crippen LogP contribution in [-0.4, -0.2) is 92.1 Å². The molecule has 0 saturated carbocycles. The van der Waals surface area contributed by atoms with Gasteiger partial charge in [0.05, 0.1) is 6.42 Å². The SMILES string of the molecule is CN1CCN(S(=O)(=O)N2CCN(C(=O)Cc3c(Cl)cccc3Cl)CC2)CC1. The number of halogens is 2. The molecule has 0 N–H and O–H groups in total. The molecule has 0 atom stereocenters. The van der Waals surface area contributed by atoms with Crippen LogP contribution >= 0.6 is 23.2 Å². The van der Waals surface area contributed by atoms with Gasteiger partial charge in [-0.3, -0.25) is 4.79 Å². The van der Waals surface area contributed by atoms with E-state index in [0.29, 0.717) is 54.9 Å². The molecule has 0 spiro atoms. The predicted molar refractivity (Wildman–Crippen MR) is 106 cm³/mol. The summed E-state index contributed by atoms with van der Waals surface area (Å²) in [5.41, 5.74) is 0.610. The Balaban J connectivity index is 1.57. The molecule has 1 aromatic rings. The number of amides is 1. The van der Waals surface area contributed by atoms with Crippen LogP contribution in [-0.2, 0) is 21.4 Å². The van der Waals surface area contributed by atoms with E-state index in [-0.39, 0.29) is 12.3 Å². The molecular weight excluding hydrogens is 411 g/mol. The van der Waals surface area contributed by atoms with Crippen molar-refractivity contribution in [3.8, 4) is 0 Å². The van der Waals surface area contributed by atoms with Crippen LogP contribution in [0.4, 0.5) is 0 Å². The highest BCUT2D eigenvalue weighted by atomic mass is 35.5. The Hall–Kier alpha value is -0.900. The number of hydrogen-bond donors (Lipinski definition) is 0. The lowest BCUT2D eigenvalue weighted by molar-refractivity contribution is -0.131. The van der Waals surface area contributed by atoms with Gasteiger partial charge in [0.15, 0.2) is 0 Å². The van der Waals surface area contributed by atoms with Gasteiger partial charge in [0.25, 0.3) is 10.2 Å². The van der Waals surface area contributed by atoms with Crippen molar-refractivity contribution in [2.75, 3.05) is 59.4 Å².